The van der Waals surface area contributed by atoms with Crippen molar-refractivity contribution in [2.45, 2.75) is 56.2 Å². The van der Waals surface area contributed by atoms with E-state index in [9.17, 15) is 8.42 Å². The van der Waals surface area contributed by atoms with Crippen LogP contribution in [0.1, 0.15) is 36.8 Å². The maximum Gasteiger partial charge on any atom is 0.191 e. The zero-order valence-corrected chi connectivity index (χ0v) is 17.1. The summed E-state index contributed by atoms with van der Waals surface area (Å²) >= 11 is 0. The van der Waals surface area contributed by atoms with Gasteiger partial charge in [-0.05, 0) is 43.4 Å². The van der Waals surface area contributed by atoms with Crippen LogP contribution in [0.3, 0.4) is 0 Å². The lowest BCUT2D eigenvalue weighted by Gasteiger charge is -2.63. The maximum absolute atomic E-state index is 11.8. The molecule has 1 spiro atoms. The van der Waals surface area contributed by atoms with Crippen LogP contribution in [0, 0.1) is 18.3 Å². The molecule has 4 rings (SSSR count). The molecule has 3 unspecified atom stereocenters. The number of nitrogens with zero attached hydrogens (tertiary/aromatic N) is 1. The Morgan fingerprint density at radius 2 is 2.15 bits per heavy atom. The van der Waals surface area contributed by atoms with Gasteiger partial charge in [0.25, 0.3) is 0 Å². The lowest BCUT2D eigenvalue weighted by molar-refractivity contribution is -0.171. The Morgan fingerprint density at radius 3 is 2.74 bits per heavy atom. The van der Waals surface area contributed by atoms with E-state index in [1.54, 1.807) is 13.1 Å². The van der Waals surface area contributed by atoms with E-state index >= 15 is 0 Å². The van der Waals surface area contributed by atoms with Gasteiger partial charge in [-0.25, -0.2) is 8.42 Å². The number of sulfone groups is 1. The largest absolute Gasteiger partial charge is 0.377 e. The van der Waals surface area contributed by atoms with Crippen LogP contribution in [0.25, 0.3) is 0 Å². The van der Waals surface area contributed by atoms with Crippen LogP contribution < -0.4 is 10.6 Å². The Morgan fingerprint density at radius 1 is 1.37 bits per heavy atom. The number of ether oxygens (including phenoxy) is 1. The molecule has 0 amide bonds. The summed E-state index contributed by atoms with van der Waals surface area (Å²) in [5.41, 5.74) is 2.13. The third-order valence-corrected chi connectivity index (χ3v) is 7.91. The van der Waals surface area contributed by atoms with E-state index < -0.39 is 9.84 Å². The summed E-state index contributed by atoms with van der Waals surface area (Å²) in [4.78, 5) is 4.79. The minimum atomic E-state index is -3.18. The lowest BCUT2D eigenvalue weighted by atomic mass is 9.46. The van der Waals surface area contributed by atoms with E-state index in [4.69, 9.17) is 4.74 Å². The average molecular weight is 392 g/mol. The van der Waals surface area contributed by atoms with Crippen LogP contribution in [-0.2, 0) is 21.1 Å². The molecule has 1 heterocycles. The standard InChI is InChI=1S/C20H29N3O3S/c1-13-11-14(5-6-16(13)27(3,24)25)12-22-19(21-2)23-17-15-7-10-26-18(15)20(17)8-4-9-20/h5-6,11,15,17-18H,4,7-10,12H2,1-3H3,(H2,21,22,23). The van der Waals surface area contributed by atoms with E-state index in [-0.39, 0.29) is 0 Å². The summed E-state index contributed by atoms with van der Waals surface area (Å²) in [7, 11) is -1.39. The summed E-state index contributed by atoms with van der Waals surface area (Å²) in [5, 5.41) is 7.04. The van der Waals surface area contributed by atoms with E-state index in [0.717, 1.165) is 30.1 Å². The van der Waals surface area contributed by atoms with Gasteiger partial charge in [0, 0.05) is 43.8 Å². The molecule has 0 bridgehead atoms. The van der Waals surface area contributed by atoms with Gasteiger partial charge in [-0.15, -0.1) is 0 Å². The number of hydrogen-bond donors (Lipinski definition) is 2. The van der Waals surface area contributed by atoms with Crippen molar-refractivity contribution in [2.24, 2.45) is 16.3 Å². The molecule has 1 saturated heterocycles. The Balaban J connectivity index is 1.40. The van der Waals surface area contributed by atoms with Crippen molar-refractivity contribution in [1.29, 1.82) is 0 Å². The van der Waals surface area contributed by atoms with Gasteiger partial charge in [0.05, 0.1) is 11.0 Å². The number of aryl methyl sites for hydroxylation is 1. The van der Waals surface area contributed by atoms with E-state index in [1.165, 1.54) is 25.5 Å². The van der Waals surface area contributed by atoms with Gasteiger partial charge in [-0.1, -0.05) is 18.6 Å². The highest BCUT2D eigenvalue weighted by molar-refractivity contribution is 7.90. The van der Waals surface area contributed by atoms with Crippen molar-refractivity contribution in [1.82, 2.24) is 10.6 Å². The SMILES string of the molecule is CN=C(NCc1ccc(S(C)(=O)=O)c(C)c1)NC1C2CCOC2C12CCC2. The topological polar surface area (TPSA) is 79.8 Å². The lowest BCUT2D eigenvalue weighted by Crippen LogP contribution is -2.72. The third-order valence-electron chi connectivity index (χ3n) is 6.65. The van der Waals surface area contributed by atoms with Crippen molar-refractivity contribution in [3.63, 3.8) is 0 Å². The number of benzene rings is 1. The Bertz CT molecular complexity index is 861. The van der Waals surface area contributed by atoms with E-state index in [1.807, 2.05) is 19.1 Å². The number of fused-ring (bicyclic) bond motifs is 2. The van der Waals surface area contributed by atoms with Crippen LogP contribution in [0.15, 0.2) is 28.1 Å². The van der Waals surface area contributed by atoms with E-state index in [0.29, 0.717) is 34.9 Å². The van der Waals surface area contributed by atoms with Crippen LogP contribution in [-0.4, -0.2) is 46.4 Å². The molecule has 1 aromatic carbocycles. The zero-order valence-electron chi connectivity index (χ0n) is 16.3. The van der Waals surface area contributed by atoms with Crippen LogP contribution in [0.4, 0.5) is 0 Å². The second-order valence-electron chi connectivity index (χ2n) is 8.25. The average Bonchev–Trinajstić information content (AvgIpc) is 2.97. The van der Waals surface area contributed by atoms with Crippen molar-refractivity contribution in [2.75, 3.05) is 19.9 Å². The fourth-order valence-corrected chi connectivity index (χ4v) is 6.18. The second kappa shape index (κ2) is 6.78. The predicted molar refractivity (Wildman–Crippen MR) is 106 cm³/mol. The van der Waals surface area contributed by atoms with Gasteiger partial charge < -0.3 is 15.4 Å². The van der Waals surface area contributed by atoms with Gasteiger partial charge in [0.2, 0.25) is 0 Å². The molecule has 3 fully saturated rings. The Hall–Kier alpha value is -1.60. The molecular weight excluding hydrogens is 362 g/mol. The minimum Gasteiger partial charge on any atom is -0.377 e. The van der Waals surface area contributed by atoms with Crippen molar-refractivity contribution in [3.05, 3.63) is 29.3 Å². The molecule has 0 aromatic heterocycles. The first-order valence-electron chi connectivity index (χ1n) is 9.73. The van der Waals surface area contributed by atoms with Gasteiger partial charge in [-0.2, -0.15) is 0 Å². The fourth-order valence-electron chi connectivity index (χ4n) is 5.22. The highest BCUT2D eigenvalue weighted by Gasteiger charge is 2.66. The third kappa shape index (κ3) is 3.14. The smallest absolute Gasteiger partial charge is 0.191 e. The summed E-state index contributed by atoms with van der Waals surface area (Å²) < 4.78 is 29.5. The summed E-state index contributed by atoms with van der Waals surface area (Å²) in [6.45, 7) is 3.32. The Kier molecular flexibility index (Phi) is 4.71. The number of aliphatic imine (C=N–C) groups is 1. The first kappa shape index (κ1) is 18.7. The zero-order chi connectivity index (χ0) is 19.2. The number of rotatable bonds is 4. The molecule has 7 heteroatoms. The highest BCUT2D eigenvalue weighted by Crippen LogP contribution is 2.62. The molecule has 6 nitrogen and oxygen atoms in total. The molecule has 1 aliphatic heterocycles. The Labute approximate surface area is 161 Å². The van der Waals surface area contributed by atoms with Gasteiger partial charge in [-0.3, -0.25) is 4.99 Å². The molecule has 2 saturated carbocycles. The number of hydrogen-bond acceptors (Lipinski definition) is 4. The summed E-state index contributed by atoms with van der Waals surface area (Å²) in [5.74, 6) is 1.40. The molecule has 0 radical (unpaired) electrons. The van der Waals surface area contributed by atoms with Gasteiger partial charge >= 0.3 is 0 Å². The summed E-state index contributed by atoms with van der Waals surface area (Å²) in [6.07, 6.45) is 6.60. The quantitative estimate of drug-likeness (QED) is 0.606. The van der Waals surface area contributed by atoms with Crippen LogP contribution >= 0.6 is 0 Å². The monoisotopic (exact) mass is 391 g/mol. The predicted octanol–water partition coefficient (Wildman–Crippen LogP) is 2.02. The highest BCUT2D eigenvalue weighted by atomic mass is 32.2. The molecule has 2 aliphatic carbocycles. The van der Waals surface area contributed by atoms with E-state index in [2.05, 4.69) is 15.6 Å². The number of guanidine groups is 1. The molecule has 148 valence electrons. The van der Waals surface area contributed by atoms with Crippen LogP contribution in [0.2, 0.25) is 0 Å². The molecule has 27 heavy (non-hydrogen) atoms. The maximum atomic E-state index is 11.8. The molecular formula is C20H29N3O3S. The first-order valence-corrected chi connectivity index (χ1v) is 11.6. The fraction of sp³-hybridized carbons (Fsp3) is 0.650. The van der Waals surface area contributed by atoms with Gasteiger partial charge in [0.1, 0.15) is 0 Å². The first-order chi connectivity index (χ1) is 12.8. The minimum absolute atomic E-state index is 0.312. The van der Waals surface area contributed by atoms with Gasteiger partial charge in [0.15, 0.2) is 15.8 Å². The second-order valence-corrected chi connectivity index (χ2v) is 10.2. The number of nitrogens with one attached hydrogen (secondary N) is 2. The molecule has 1 aromatic rings. The molecule has 3 aliphatic rings. The van der Waals surface area contributed by atoms with Crippen molar-refractivity contribution in [3.8, 4) is 0 Å². The summed E-state index contributed by atoms with van der Waals surface area (Å²) in [6, 6.07) is 5.92. The van der Waals surface area contributed by atoms with Crippen LogP contribution in [0.5, 0.6) is 0 Å². The van der Waals surface area contributed by atoms with Crippen molar-refractivity contribution < 1.29 is 13.2 Å². The van der Waals surface area contributed by atoms with Crippen molar-refractivity contribution >= 4 is 15.8 Å². The molecule has 2 N–H and O–H groups in total. The normalized spacial score (nSPS) is 29.0. The molecule has 3 atom stereocenters.